The lowest BCUT2D eigenvalue weighted by molar-refractivity contribution is -0.307. The number of ether oxygens (including phenoxy) is 1. The van der Waals surface area contributed by atoms with Crippen LogP contribution in [0.5, 0.6) is 5.75 Å². The van der Waals surface area contributed by atoms with Crippen LogP contribution in [0.2, 0.25) is 0 Å². The Kier molecular flexibility index (Phi) is 8.35. The number of hydrazone groups is 1. The third-order valence-corrected chi connectivity index (χ3v) is 4.66. The molecule has 8 nitrogen and oxygen atoms in total. The first-order valence-electron chi connectivity index (χ1n) is 8.92. The maximum Gasteiger partial charge on any atom is 0.262 e. The summed E-state index contributed by atoms with van der Waals surface area (Å²) in [5.41, 5.74) is 3.02. The average molecular weight is 416 g/mol. The van der Waals surface area contributed by atoms with Gasteiger partial charge >= 0.3 is 0 Å². The number of nitrogens with one attached hydrogen (secondary N) is 2. The van der Waals surface area contributed by atoms with E-state index in [-0.39, 0.29) is 18.2 Å². The highest BCUT2D eigenvalue weighted by Gasteiger charge is 2.24. The zero-order chi connectivity index (χ0) is 21.2. The van der Waals surface area contributed by atoms with E-state index in [1.165, 1.54) is 17.6 Å². The molecule has 0 bridgehead atoms. The SMILES string of the molecule is CC(C)[C@@H](NC(=O)Cc1cccs1)C(=O)N/N=C\c1cccc(OCC(=O)[O-])c1. The number of hydrogen-bond donors (Lipinski definition) is 2. The molecule has 1 aromatic carbocycles. The van der Waals surface area contributed by atoms with Crippen LogP contribution >= 0.6 is 11.3 Å². The van der Waals surface area contributed by atoms with Gasteiger partial charge in [0.1, 0.15) is 18.4 Å². The van der Waals surface area contributed by atoms with Crippen molar-refractivity contribution in [2.45, 2.75) is 26.3 Å². The zero-order valence-corrected chi connectivity index (χ0v) is 16.9. The summed E-state index contributed by atoms with van der Waals surface area (Å²) in [4.78, 5) is 36.0. The van der Waals surface area contributed by atoms with E-state index in [9.17, 15) is 19.5 Å². The van der Waals surface area contributed by atoms with E-state index < -0.39 is 24.5 Å². The lowest BCUT2D eigenvalue weighted by Gasteiger charge is -2.20. The minimum Gasteiger partial charge on any atom is -0.546 e. The molecule has 0 aliphatic rings. The minimum atomic E-state index is -1.32. The lowest BCUT2D eigenvalue weighted by atomic mass is 10.0. The Labute approximate surface area is 172 Å². The summed E-state index contributed by atoms with van der Waals surface area (Å²) in [5, 5.41) is 19.0. The van der Waals surface area contributed by atoms with Crippen molar-refractivity contribution in [2.24, 2.45) is 11.0 Å². The van der Waals surface area contributed by atoms with Crippen molar-refractivity contribution in [3.8, 4) is 5.75 Å². The summed E-state index contributed by atoms with van der Waals surface area (Å²) < 4.78 is 5.03. The molecule has 9 heteroatoms. The van der Waals surface area contributed by atoms with Gasteiger partial charge in [-0.2, -0.15) is 5.10 Å². The molecule has 0 aliphatic carbocycles. The number of nitrogens with zero attached hydrogens (tertiary/aromatic N) is 1. The van der Waals surface area contributed by atoms with E-state index in [1.807, 2.05) is 31.4 Å². The van der Waals surface area contributed by atoms with E-state index in [2.05, 4.69) is 15.8 Å². The van der Waals surface area contributed by atoms with Crippen molar-refractivity contribution in [3.05, 3.63) is 52.2 Å². The van der Waals surface area contributed by atoms with E-state index >= 15 is 0 Å². The summed E-state index contributed by atoms with van der Waals surface area (Å²) >= 11 is 1.48. The quantitative estimate of drug-likeness (QED) is 0.437. The molecule has 1 heterocycles. The highest BCUT2D eigenvalue weighted by Crippen LogP contribution is 2.12. The number of carbonyl (C=O) groups excluding carboxylic acids is 3. The third-order valence-electron chi connectivity index (χ3n) is 3.78. The van der Waals surface area contributed by atoms with Crippen molar-refractivity contribution < 1.29 is 24.2 Å². The van der Waals surface area contributed by atoms with Gasteiger partial charge < -0.3 is 20.0 Å². The van der Waals surface area contributed by atoms with Crippen molar-refractivity contribution in [1.82, 2.24) is 10.7 Å². The Bertz CT molecular complexity index is 865. The first kappa shape index (κ1) is 22.1. The van der Waals surface area contributed by atoms with Crippen molar-refractivity contribution in [1.29, 1.82) is 0 Å². The molecule has 1 aromatic heterocycles. The second-order valence-corrected chi connectivity index (χ2v) is 7.55. The molecule has 2 N–H and O–H groups in total. The monoisotopic (exact) mass is 416 g/mol. The summed E-state index contributed by atoms with van der Waals surface area (Å²) in [7, 11) is 0. The van der Waals surface area contributed by atoms with Gasteiger partial charge in [0.25, 0.3) is 5.91 Å². The van der Waals surface area contributed by atoms with E-state index in [0.717, 1.165) is 4.88 Å². The Morgan fingerprint density at radius 3 is 2.69 bits per heavy atom. The van der Waals surface area contributed by atoms with Gasteiger partial charge in [0, 0.05) is 4.88 Å². The van der Waals surface area contributed by atoms with Gasteiger partial charge in [0.2, 0.25) is 5.91 Å². The summed E-state index contributed by atoms with van der Waals surface area (Å²) in [6.45, 7) is 3.10. The number of hydrogen-bond acceptors (Lipinski definition) is 7. The first-order valence-corrected chi connectivity index (χ1v) is 9.80. The van der Waals surface area contributed by atoms with Crippen LogP contribution < -0.4 is 20.6 Å². The molecule has 2 aromatic rings. The molecule has 29 heavy (non-hydrogen) atoms. The number of carboxylic acids is 1. The maximum absolute atomic E-state index is 12.4. The first-order chi connectivity index (χ1) is 13.8. The van der Waals surface area contributed by atoms with Crippen LogP contribution in [0.4, 0.5) is 0 Å². The molecule has 0 spiro atoms. The summed E-state index contributed by atoms with van der Waals surface area (Å²) in [5.74, 6) is -1.77. The average Bonchev–Trinajstić information content (AvgIpc) is 3.17. The van der Waals surface area contributed by atoms with Gasteiger partial charge in [0.15, 0.2) is 0 Å². The number of thiophene rings is 1. The van der Waals surface area contributed by atoms with Gasteiger partial charge in [0.05, 0.1) is 18.6 Å². The van der Waals surface area contributed by atoms with Crippen molar-refractivity contribution >= 4 is 35.3 Å². The fourth-order valence-corrected chi connectivity index (χ4v) is 3.10. The Morgan fingerprint density at radius 1 is 1.24 bits per heavy atom. The van der Waals surface area contributed by atoms with Crippen LogP contribution in [0.1, 0.15) is 24.3 Å². The number of benzene rings is 1. The molecule has 2 amide bonds. The fraction of sp³-hybridized carbons (Fsp3) is 0.300. The number of amides is 2. The molecule has 154 valence electrons. The van der Waals surface area contributed by atoms with Gasteiger partial charge in [-0.25, -0.2) is 5.43 Å². The number of aliphatic carboxylic acids is 1. The van der Waals surface area contributed by atoms with Gasteiger partial charge in [-0.15, -0.1) is 11.3 Å². The number of carboxylic acid groups (broad SMARTS) is 1. The van der Waals surface area contributed by atoms with Crippen LogP contribution in [0.25, 0.3) is 0 Å². The maximum atomic E-state index is 12.4. The number of carbonyl (C=O) groups is 3. The molecule has 0 saturated carbocycles. The summed E-state index contributed by atoms with van der Waals surface area (Å²) in [6.07, 6.45) is 1.62. The summed E-state index contributed by atoms with van der Waals surface area (Å²) in [6, 6.07) is 9.55. The molecule has 0 radical (unpaired) electrons. The van der Waals surface area contributed by atoms with Crippen molar-refractivity contribution in [3.63, 3.8) is 0 Å². The topological polar surface area (TPSA) is 120 Å². The minimum absolute atomic E-state index is 0.126. The van der Waals surface area contributed by atoms with Crippen LogP contribution in [0.15, 0.2) is 46.9 Å². The second kappa shape index (κ2) is 11.0. The fourth-order valence-electron chi connectivity index (χ4n) is 2.40. The smallest absolute Gasteiger partial charge is 0.262 e. The molecule has 2 rings (SSSR count). The molecule has 1 atom stereocenters. The standard InChI is InChI=1S/C20H23N3O5S/c1-13(2)19(22-17(24)10-16-7-4-8-29-16)20(27)23-21-11-14-5-3-6-15(9-14)28-12-18(25)26/h3-9,11,13,19H,10,12H2,1-2H3,(H,22,24)(H,23,27)(H,25,26)/p-1/b21-11-/t19-/m1/s1. The molecule has 0 fully saturated rings. The van der Waals surface area contributed by atoms with Crippen LogP contribution in [0, 0.1) is 5.92 Å². The van der Waals surface area contributed by atoms with Gasteiger partial charge in [-0.3, -0.25) is 9.59 Å². The van der Waals surface area contributed by atoms with Crippen LogP contribution in [-0.2, 0) is 20.8 Å². The molecule has 0 unspecified atom stereocenters. The highest BCUT2D eigenvalue weighted by molar-refractivity contribution is 7.10. The van der Waals surface area contributed by atoms with E-state index in [0.29, 0.717) is 11.3 Å². The Balaban J connectivity index is 1.91. The lowest BCUT2D eigenvalue weighted by Crippen LogP contribution is -2.49. The molecule has 0 saturated heterocycles. The predicted molar refractivity (Wildman–Crippen MR) is 107 cm³/mol. The Hall–Kier alpha value is -3.20. The highest BCUT2D eigenvalue weighted by atomic mass is 32.1. The van der Waals surface area contributed by atoms with Gasteiger partial charge in [-0.05, 0) is 35.1 Å². The normalized spacial score (nSPS) is 12.0. The largest absolute Gasteiger partial charge is 0.546 e. The van der Waals surface area contributed by atoms with Crippen molar-refractivity contribution in [2.75, 3.05) is 6.61 Å². The number of rotatable bonds is 10. The van der Waals surface area contributed by atoms with Crippen LogP contribution in [0.3, 0.4) is 0 Å². The Morgan fingerprint density at radius 2 is 2.03 bits per heavy atom. The molecular formula is C20H22N3O5S-. The third kappa shape index (κ3) is 7.74. The predicted octanol–water partition coefficient (Wildman–Crippen LogP) is 0.710. The van der Waals surface area contributed by atoms with E-state index in [4.69, 9.17) is 4.74 Å². The van der Waals surface area contributed by atoms with E-state index in [1.54, 1.807) is 24.3 Å². The van der Waals surface area contributed by atoms with Gasteiger partial charge in [-0.1, -0.05) is 32.0 Å². The molecular weight excluding hydrogens is 394 g/mol. The zero-order valence-electron chi connectivity index (χ0n) is 16.1. The molecule has 0 aliphatic heterocycles. The second-order valence-electron chi connectivity index (χ2n) is 6.51. The van der Waals surface area contributed by atoms with Crippen LogP contribution in [-0.4, -0.2) is 36.6 Å².